The van der Waals surface area contributed by atoms with Crippen LogP contribution in [0.4, 0.5) is 13.2 Å². The van der Waals surface area contributed by atoms with Gasteiger partial charge in [0, 0.05) is 0 Å². The molecule has 0 spiro atoms. The molecule has 0 fully saturated rings. The van der Waals surface area contributed by atoms with Gasteiger partial charge in [0.1, 0.15) is 11.5 Å². The van der Waals surface area contributed by atoms with E-state index in [2.05, 4.69) is 4.74 Å². The Hall–Kier alpha value is -1.73. The van der Waals surface area contributed by atoms with Gasteiger partial charge in [-0.25, -0.2) is 0 Å². The molecule has 2 aromatic rings. The van der Waals surface area contributed by atoms with E-state index >= 15 is 0 Å². The Bertz CT molecular complexity index is 583. The molecule has 0 bridgehead atoms. The van der Waals surface area contributed by atoms with Crippen LogP contribution in [0.15, 0.2) is 35.7 Å². The molecule has 108 valence electrons. The molecule has 0 saturated carbocycles. The topological polar surface area (TPSA) is 44.5 Å². The lowest BCUT2D eigenvalue weighted by Crippen LogP contribution is -2.18. The van der Waals surface area contributed by atoms with E-state index in [1.54, 1.807) is 12.1 Å². The first-order valence-electron chi connectivity index (χ1n) is 5.63. The zero-order valence-electron chi connectivity index (χ0n) is 10.5. The van der Waals surface area contributed by atoms with E-state index in [-0.39, 0.29) is 5.75 Å². The highest BCUT2D eigenvalue weighted by Gasteiger charge is 2.31. The molecule has 0 radical (unpaired) electrons. The molecule has 1 aromatic carbocycles. The summed E-state index contributed by atoms with van der Waals surface area (Å²) in [4.78, 5) is 0.747. The summed E-state index contributed by atoms with van der Waals surface area (Å²) in [5.41, 5.74) is 6.58. The Morgan fingerprint density at radius 2 is 2.00 bits per heavy atom. The van der Waals surface area contributed by atoms with Crippen LogP contribution in [0.3, 0.4) is 0 Å². The quantitative estimate of drug-likeness (QED) is 0.936. The van der Waals surface area contributed by atoms with Crippen molar-refractivity contribution in [3.8, 4) is 11.5 Å². The Morgan fingerprint density at radius 3 is 2.65 bits per heavy atom. The van der Waals surface area contributed by atoms with Crippen LogP contribution in [0.25, 0.3) is 0 Å². The number of methoxy groups -OCH3 is 1. The van der Waals surface area contributed by atoms with Crippen molar-refractivity contribution in [2.24, 2.45) is 5.73 Å². The minimum atomic E-state index is -4.72. The molecule has 7 heteroatoms. The van der Waals surface area contributed by atoms with Crippen molar-refractivity contribution in [2.75, 3.05) is 7.11 Å². The van der Waals surface area contributed by atoms with Crippen molar-refractivity contribution < 1.29 is 22.6 Å². The number of hydrogen-bond acceptors (Lipinski definition) is 4. The van der Waals surface area contributed by atoms with Crippen molar-refractivity contribution in [1.82, 2.24) is 0 Å². The molecular weight excluding hydrogens is 291 g/mol. The fourth-order valence-corrected chi connectivity index (χ4v) is 2.65. The highest BCUT2D eigenvalue weighted by Crippen LogP contribution is 2.34. The molecule has 0 amide bonds. The number of hydrogen-bond donors (Lipinski definition) is 1. The molecular formula is C13H12F3NO2S. The van der Waals surface area contributed by atoms with Gasteiger partial charge in [0.05, 0.1) is 18.0 Å². The van der Waals surface area contributed by atoms with Crippen LogP contribution in [0.5, 0.6) is 11.5 Å². The predicted octanol–water partition coefficient (Wildman–Crippen LogP) is 3.70. The van der Waals surface area contributed by atoms with Crippen molar-refractivity contribution >= 4 is 11.3 Å². The van der Waals surface area contributed by atoms with Gasteiger partial charge < -0.3 is 15.2 Å². The average molecular weight is 303 g/mol. The maximum Gasteiger partial charge on any atom is 0.573 e. The van der Waals surface area contributed by atoms with E-state index in [4.69, 9.17) is 10.5 Å². The molecule has 1 atom stereocenters. The molecule has 1 unspecified atom stereocenters. The van der Waals surface area contributed by atoms with Crippen LogP contribution in [0.2, 0.25) is 0 Å². The van der Waals surface area contributed by atoms with Gasteiger partial charge in [0.25, 0.3) is 0 Å². The summed E-state index contributed by atoms with van der Waals surface area (Å²) < 4.78 is 45.6. The fraction of sp³-hybridized carbons (Fsp3) is 0.231. The van der Waals surface area contributed by atoms with E-state index in [0.717, 1.165) is 4.88 Å². The molecule has 2 rings (SSSR count). The SMILES string of the molecule is COc1ccsc1C(N)c1cccc(OC(F)(F)F)c1. The molecule has 0 aliphatic heterocycles. The lowest BCUT2D eigenvalue weighted by atomic mass is 10.1. The van der Waals surface area contributed by atoms with Crippen molar-refractivity contribution in [3.05, 3.63) is 46.2 Å². The molecule has 1 heterocycles. The molecule has 0 aliphatic rings. The number of thiophene rings is 1. The molecule has 3 nitrogen and oxygen atoms in total. The molecule has 1 aromatic heterocycles. The number of nitrogens with two attached hydrogens (primary N) is 1. The monoisotopic (exact) mass is 303 g/mol. The van der Waals surface area contributed by atoms with Crippen LogP contribution in [0.1, 0.15) is 16.5 Å². The van der Waals surface area contributed by atoms with E-state index in [1.807, 2.05) is 5.38 Å². The maximum atomic E-state index is 12.2. The Balaban J connectivity index is 2.27. The lowest BCUT2D eigenvalue weighted by Gasteiger charge is -2.14. The van der Waals surface area contributed by atoms with Gasteiger partial charge in [0.15, 0.2) is 0 Å². The number of ether oxygens (including phenoxy) is 2. The number of halogens is 3. The van der Waals surface area contributed by atoms with Gasteiger partial charge >= 0.3 is 6.36 Å². The van der Waals surface area contributed by atoms with Crippen LogP contribution in [-0.2, 0) is 0 Å². The van der Waals surface area contributed by atoms with Crippen LogP contribution >= 0.6 is 11.3 Å². The zero-order valence-corrected chi connectivity index (χ0v) is 11.3. The van der Waals surface area contributed by atoms with Crippen LogP contribution < -0.4 is 15.2 Å². The molecule has 2 N–H and O–H groups in total. The van der Waals surface area contributed by atoms with E-state index in [0.29, 0.717) is 11.3 Å². The highest BCUT2D eigenvalue weighted by molar-refractivity contribution is 7.10. The molecule has 0 aliphatic carbocycles. The van der Waals surface area contributed by atoms with Crippen molar-refractivity contribution in [3.63, 3.8) is 0 Å². The first-order valence-corrected chi connectivity index (χ1v) is 6.51. The van der Waals surface area contributed by atoms with Crippen LogP contribution in [-0.4, -0.2) is 13.5 Å². The summed E-state index contributed by atoms with van der Waals surface area (Å²) in [6, 6.07) is 6.81. The number of rotatable bonds is 4. The number of benzene rings is 1. The second-order valence-electron chi connectivity index (χ2n) is 3.95. The summed E-state index contributed by atoms with van der Waals surface area (Å²) in [7, 11) is 1.52. The first-order chi connectivity index (χ1) is 9.40. The summed E-state index contributed by atoms with van der Waals surface area (Å²) in [5, 5.41) is 1.81. The summed E-state index contributed by atoms with van der Waals surface area (Å²) >= 11 is 1.38. The average Bonchev–Trinajstić information content (AvgIpc) is 2.84. The fourth-order valence-electron chi connectivity index (χ4n) is 1.76. The van der Waals surface area contributed by atoms with Gasteiger partial charge in [-0.3, -0.25) is 0 Å². The largest absolute Gasteiger partial charge is 0.573 e. The third-order valence-electron chi connectivity index (χ3n) is 2.61. The first kappa shape index (κ1) is 14.7. The zero-order chi connectivity index (χ0) is 14.8. The van der Waals surface area contributed by atoms with Gasteiger partial charge in [-0.05, 0) is 29.1 Å². The van der Waals surface area contributed by atoms with Crippen molar-refractivity contribution in [1.29, 1.82) is 0 Å². The highest BCUT2D eigenvalue weighted by atomic mass is 32.1. The smallest absolute Gasteiger partial charge is 0.496 e. The minimum absolute atomic E-state index is 0.291. The Morgan fingerprint density at radius 1 is 1.25 bits per heavy atom. The van der Waals surface area contributed by atoms with E-state index in [9.17, 15) is 13.2 Å². The Kier molecular flexibility index (Phi) is 4.20. The van der Waals surface area contributed by atoms with E-state index in [1.165, 1.54) is 36.6 Å². The third-order valence-corrected chi connectivity index (χ3v) is 3.59. The maximum absolute atomic E-state index is 12.2. The van der Waals surface area contributed by atoms with Crippen molar-refractivity contribution in [2.45, 2.75) is 12.4 Å². The summed E-state index contributed by atoms with van der Waals surface area (Å²) in [6.07, 6.45) is -4.72. The van der Waals surface area contributed by atoms with E-state index < -0.39 is 12.4 Å². The van der Waals surface area contributed by atoms with Gasteiger partial charge in [0.2, 0.25) is 0 Å². The van der Waals surface area contributed by atoms with Gasteiger partial charge in [-0.15, -0.1) is 24.5 Å². The summed E-state index contributed by atoms with van der Waals surface area (Å²) in [6.45, 7) is 0. The lowest BCUT2D eigenvalue weighted by molar-refractivity contribution is -0.274. The van der Waals surface area contributed by atoms with Crippen LogP contribution in [0, 0.1) is 0 Å². The normalized spacial score (nSPS) is 13.1. The third kappa shape index (κ3) is 3.43. The Labute approximate surface area is 117 Å². The second kappa shape index (κ2) is 5.72. The molecule has 20 heavy (non-hydrogen) atoms. The summed E-state index contributed by atoms with van der Waals surface area (Å²) in [5.74, 6) is 0.325. The molecule has 0 saturated heterocycles. The second-order valence-corrected chi connectivity index (χ2v) is 4.90. The predicted molar refractivity (Wildman–Crippen MR) is 70.0 cm³/mol. The van der Waals surface area contributed by atoms with Gasteiger partial charge in [-0.2, -0.15) is 0 Å². The van der Waals surface area contributed by atoms with Gasteiger partial charge in [-0.1, -0.05) is 12.1 Å². The standard InChI is InChI=1S/C13H12F3NO2S/c1-18-10-5-6-20-12(10)11(17)8-3-2-4-9(7-8)19-13(14,15)16/h2-7,11H,17H2,1H3. The minimum Gasteiger partial charge on any atom is -0.496 e. The number of alkyl halides is 3.